The Kier molecular flexibility index (Phi) is 60.9. The van der Waals surface area contributed by atoms with Crippen LogP contribution in [0.5, 0.6) is 0 Å². The van der Waals surface area contributed by atoms with E-state index in [1.165, 1.54) is 0 Å². The summed E-state index contributed by atoms with van der Waals surface area (Å²) in [6.45, 7) is 0. The predicted octanol–water partition coefficient (Wildman–Crippen LogP) is -1.36. The maximum absolute atomic E-state index is 8.49. The number of hydrogen-bond donors (Lipinski definition) is 2. The molecule has 0 aromatic carbocycles. The van der Waals surface area contributed by atoms with Crippen molar-refractivity contribution in [3.05, 3.63) is 0 Å². The van der Waals surface area contributed by atoms with Gasteiger partial charge in [0.15, 0.2) is 0 Å². The molecule has 44 valence electrons. The van der Waals surface area contributed by atoms with E-state index in [9.17, 15) is 0 Å². The topological polar surface area (TPSA) is 74.6 Å². The van der Waals surface area contributed by atoms with Crippen LogP contribution >= 0.6 is 0 Å². The molecule has 0 spiro atoms. The van der Waals surface area contributed by atoms with Crippen LogP contribution in [0.15, 0.2) is 0 Å². The maximum atomic E-state index is 8.49. The van der Waals surface area contributed by atoms with Gasteiger partial charge in [0.25, 0.3) is 0 Å². The molecule has 0 aliphatic carbocycles. The molecule has 2 N–H and O–H groups in total. The summed E-state index contributed by atoms with van der Waals surface area (Å²) in [4.78, 5) is 0. The van der Waals surface area contributed by atoms with Crippen molar-refractivity contribution in [2.45, 2.75) is 0 Å². The van der Waals surface area contributed by atoms with Crippen LogP contribution in [-0.4, -0.2) is 8.38 Å². The van der Waals surface area contributed by atoms with Crippen LogP contribution in [0.3, 0.4) is 0 Å². The molecule has 0 unspecified atom stereocenters. The van der Waals surface area contributed by atoms with E-state index < -0.39 is 30.4 Å². The van der Waals surface area contributed by atoms with Gasteiger partial charge in [-0.1, -0.05) is 0 Å². The fourth-order valence-electron chi connectivity index (χ4n) is 0. The molecule has 0 saturated heterocycles. The zero-order valence-electron chi connectivity index (χ0n) is 3.13. The van der Waals surface area contributed by atoms with Gasteiger partial charge in [-0.15, -0.1) is 0 Å². The van der Waals surface area contributed by atoms with Crippen LogP contribution in [0.1, 0.15) is 0 Å². The van der Waals surface area contributed by atoms with Gasteiger partial charge in [-0.2, -0.15) is 0 Å². The van der Waals surface area contributed by atoms with Gasteiger partial charge < -0.3 is 0 Å². The second kappa shape index (κ2) is 27.1. The van der Waals surface area contributed by atoms with Crippen molar-refractivity contribution in [2.24, 2.45) is 0 Å². The maximum Gasteiger partial charge on any atom is 0 e. The monoisotopic (exact) mass is 242 g/mol. The van der Waals surface area contributed by atoms with Crippen molar-refractivity contribution in [1.82, 2.24) is 0 Å². The van der Waals surface area contributed by atoms with Crippen LogP contribution < -0.4 is 0 Å². The molecule has 0 aromatic heterocycles. The van der Waals surface area contributed by atoms with E-state index in [1.807, 2.05) is 0 Å². The van der Waals surface area contributed by atoms with Crippen LogP contribution in [0, 0.1) is 0 Å². The fraction of sp³-hybridized carbons (Fsp3) is 0. The smallest absolute Gasteiger partial charge is 0 e. The van der Waals surface area contributed by atoms with E-state index in [1.54, 1.807) is 0 Å². The van der Waals surface area contributed by atoms with Crippen LogP contribution in [-0.2, 0) is 57.6 Å². The largest absolute Gasteiger partial charge is 0 e. The quantitative estimate of drug-likeness (QED) is 0.515. The Hall–Kier alpha value is 1.18. The molecule has 0 aromatic rings. The molecule has 0 amide bonds. The minimum atomic E-state index is -1.00. The number of hydrogen-bond acceptors (Lipinski definition) is 2. The molecule has 0 aliphatic heterocycles. The minimum Gasteiger partial charge on any atom is 0 e. The van der Waals surface area contributed by atoms with Crippen LogP contribution in [0.4, 0.5) is 0 Å². The Morgan fingerprint density at radius 3 is 1.00 bits per heavy atom. The van der Waals surface area contributed by atoms with E-state index in [2.05, 4.69) is 0 Å². The second-order valence-electron chi connectivity index (χ2n) is 0.129. The Bertz CT molecular complexity index is 30.7. The van der Waals surface area contributed by atoms with E-state index >= 15 is 0 Å². The average molecular weight is 243 g/mol. The summed E-state index contributed by atoms with van der Waals surface area (Å²) in [5, 5.41) is 0. The molecule has 0 fully saturated rings. The molecule has 7 heavy (non-hydrogen) atoms. The van der Waals surface area contributed by atoms with Gasteiger partial charge in [0, 0.05) is 19.5 Å². The van der Waals surface area contributed by atoms with Gasteiger partial charge in [-0.25, -0.2) is 0 Å². The van der Waals surface area contributed by atoms with Gasteiger partial charge in [0.05, 0.1) is 0 Å². The zero-order valence-corrected chi connectivity index (χ0v) is 8.30. The molecule has 0 saturated carbocycles. The predicted molar refractivity (Wildman–Crippen MR) is 5.81 cm³/mol. The average Bonchev–Trinajstić information content (AvgIpc) is 1.39. The van der Waals surface area contributed by atoms with Gasteiger partial charge in [-0.05, 0) is 0 Å². The van der Waals surface area contributed by atoms with E-state index in [-0.39, 0.29) is 19.5 Å². The normalized spacial score (nSPS) is 4.86. The van der Waals surface area contributed by atoms with Crippen LogP contribution in [0.25, 0.3) is 0 Å². The molecule has 0 bridgehead atoms. The molecule has 0 heterocycles. The summed E-state index contributed by atoms with van der Waals surface area (Å²) >= 11 is -2.00. The third kappa shape index (κ3) is 138. The first-order valence-electron chi connectivity index (χ1n) is 0.605. The summed E-state index contributed by atoms with van der Waals surface area (Å²) in [5.41, 5.74) is 0. The SMILES string of the molecule is [O]=[Fe][OH].[O]=[Fe][OH].[Zn]. The van der Waals surface area contributed by atoms with Crippen molar-refractivity contribution in [3.63, 3.8) is 0 Å². The molecule has 4 nitrogen and oxygen atoms in total. The first-order valence-corrected chi connectivity index (χ1v) is 2.49. The first kappa shape index (κ1) is 15.7. The Balaban J connectivity index is -0.0000000400. The Morgan fingerprint density at radius 2 is 1.00 bits per heavy atom. The van der Waals surface area contributed by atoms with Crippen molar-refractivity contribution in [2.75, 3.05) is 0 Å². The van der Waals surface area contributed by atoms with Gasteiger partial charge >= 0.3 is 46.5 Å². The van der Waals surface area contributed by atoms with Crippen molar-refractivity contribution in [3.8, 4) is 0 Å². The van der Waals surface area contributed by atoms with Crippen molar-refractivity contribution < 1.29 is 66.0 Å². The fourth-order valence-corrected chi connectivity index (χ4v) is 0. The summed E-state index contributed by atoms with van der Waals surface area (Å²) in [7, 11) is 0. The zero-order chi connectivity index (χ0) is 5.41. The summed E-state index contributed by atoms with van der Waals surface area (Å²) in [6, 6.07) is 0. The van der Waals surface area contributed by atoms with Gasteiger partial charge in [0.1, 0.15) is 0 Å². The molecule has 0 radical (unpaired) electrons. The molecule has 0 aliphatic rings. The molecule has 7 heteroatoms. The van der Waals surface area contributed by atoms with Crippen LogP contribution in [0.2, 0.25) is 0 Å². The summed E-state index contributed by atoms with van der Waals surface area (Å²) in [5.74, 6) is 0. The van der Waals surface area contributed by atoms with Crippen molar-refractivity contribution in [1.29, 1.82) is 0 Å². The second-order valence-corrected chi connectivity index (χ2v) is 0.532. The minimum absolute atomic E-state index is 0. The van der Waals surface area contributed by atoms with Crippen molar-refractivity contribution >= 4 is 0 Å². The Morgan fingerprint density at radius 1 is 1.00 bits per heavy atom. The summed E-state index contributed by atoms with van der Waals surface area (Å²) < 4.78 is 31.0. The standard InChI is InChI=1S/2Fe.2H2O.2O.Zn/h;;2*1H2;;;/q2*+1;;;;;/p-2. The third-order valence-corrected chi connectivity index (χ3v) is 0. The van der Waals surface area contributed by atoms with E-state index in [4.69, 9.17) is 16.0 Å². The van der Waals surface area contributed by atoms with Gasteiger partial charge in [0.2, 0.25) is 0 Å². The van der Waals surface area contributed by atoms with Gasteiger partial charge in [-0.3, -0.25) is 0 Å². The molecular weight excluding hydrogens is 241 g/mol. The molecule has 0 rings (SSSR count). The molecular formula is H2Fe2O4Zn. The molecule has 0 atom stereocenters. The van der Waals surface area contributed by atoms with E-state index in [0.29, 0.717) is 0 Å². The number of rotatable bonds is 0. The van der Waals surface area contributed by atoms with E-state index in [0.717, 1.165) is 0 Å². The first-order chi connectivity index (χ1) is 2.83. The third-order valence-electron chi connectivity index (χ3n) is 0. The summed E-state index contributed by atoms with van der Waals surface area (Å²) in [6.07, 6.45) is 0. The Labute approximate surface area is 65.8 Å².